The van der Waals surface area contributed by atoms with Crippen LogP contribution in [0.4, 0.5) is 4.79 Å². The van der Waals surface area contributed by atoms with Crippen LogP contribution in [-0.2, 0) is 5.72 Å². The average Bonchev–Trinajstić information content (AvgIpc) is 3.19. The molecule has 0 fully saturated rings. The van der Waals surface area contributed by atoms with Gasteiger partial charge in [-0.1, -0.05) is 45.0 Å². The molecule has 1 aliphatic heterocycles. The van der Waals surface area contributed by atoms with Crippen molar-refractivity contribution >= 4 is 23.0 Å². The number of nitrogens with zero attached hydrogens (tertiary/aromatic N) is 2. The summed E-state index contributed by atoms with van der Waals surface area (Å²) in [5, 5.41) is 14.3. The first kappa shape index (κ1) is 19.9. The van der Waals surface area contributed by atoms with E-state index < -0.39 is 11.8 Å². The third-order valence-corrected chi connectivity index (χ3v) is 5.06. The van der Waals surface area contributed by atoms with E-state index in [1.54, 1.807) is 36.4 Å². The maximum Gasteiger partial charge on any atom is 0.414 e. The molecule has 1 unspecified atom stereocenters. The molecule has 0 saturated carbocycles. The van der Waals surface area contributed by atoms with Crippen LogP contribution in [0, 0.1) is 5.41 Å². The number of fused-ring (bicyclic) bond motifs is 2. The first-order valence-corrected chi connectivity index (χ1v) is 9.67. The van der Waals surface area contributed by atoms with Gasteiger partial charge >= 0.3 is 12.1 Å². The van der Waals surface area contributed by atoms with Gasteiger partial charge in [0, 0.05) is 30.3 Å². The van der Waals surface area contributed by atoms with Gasteiger partial charge < -0.3 is 25.0 Å². The van der Waals surface area contributed by atoms with Crippen LogP contribution in [0.15, 0.2) is 42.5 Å². The average molecular weight is 408 g/mol. The molecule has 0 bridgehead atoms. The van der Waals surface area contributed by atoms with Crippen LogP contribution >= 0.6 is 0 Å². The lowest BCUT2D eigenvalue weighted by molar-refractivity contribution is -0.0616. The second-order valence-electron chi connectivity index (χ2n) is 8.58. The zero-order valence-electron chi connectivity index (χ0n) is 17.3. The number of aromatic amines is 1. The Morgan fingerprint density at radius 3 is 2.70 bits per heavy atom. The summed E-state index contributed by atoms with van der Waals surface area (Å²) in [5.41, 5.74) is 0.847. The molecule has 4 rings (SSSR count). The molecule has 0 aliphatic carbocycles. The predicted molar refractivity (Wildman–Crippen MR) is 111 cm³/mol. The molecule has 3 aromatic rings. The number of aliphatic hydroxyl groups is 1. The molecule has 156 valence electrons. The predicted octanol–water partition coefficient (Wildman–Crippen LogP) is 2.98. The van der Waals surface area contributed by atoms with Crippen LogP contribution in [0.3, 0.4) is 0 Å². The summed E-state index contributed by atoms with van der Waals surface area (Å²) in [6, 6.07) is 12.3. The second kappa shape index (κ2) is 6.84. The van der Waals surface area contributed by atoms with Crippen molar-refractivity contribution in [2.75, 3.05) is 13.6 Å². The lowest BCUT2D eigenvalue weighted by Crippen LogP contribution is -2.48. The van der Waals surface area contributed by atoms with Crippen LogP contribution in [-0.4, -0.2) is 45.6 Å². The van der Waals surface area contributed by atoms with Gasteiger partial charge in [-0.2, -0.15) is 4.98 Å². The van der Waals surface area contributed by atoms with Crippen molar-refractivity contribution in [3.05, 3.63) is 59.2 Å². The maximum atomic E-state index is 13.2. The molecule has 1 aliphatic rings. The molecule has 2 heterocycles. The molecule has 1 atom stereocenters. The number of nitrogens with one attached hydrogen (secondary N) is 2. The van der Waals surface area contributed by atoms with Crippen LogP contribution in [0.1, 0.15) is 42.3 Å². The molecule has 2 aromatic carbocycles. The number of carbonyl (C=O) groups is 2. The third kappa shape index (κ3) is 3.19. The SMILES string of the molecule is CNC(=O)Oc1nc2ccc(C3(O)c4ccccc4C(=O)N3CC(C)(C)C)cc2[nH]1. The number of amides is 2. The highest BCUT2D eigenvalue weighted by Gasteiger charge is 2.50. The maximum absolute atomic E-state index is 13.2. The van der Waals surface area contributed by atoms with Crippen LogP contribution in [0.25, 0.3) is 11.0 Å². The highest BCUT2D eigenvalue weighted by Crippen LogP contribution is 2.44. The standard InChI is InChI=1S/C22H24N4O4/c1-21(2,3)12-26-18(27)14-7-5-6-8-15(14)22(26,29)13-9-10-16-17(11-13)25-19(24-16)30-20(28)23-4/h5-11,29H,12H2,1-4H3,(H,23,28)(H,24,25). The van der Waals surface area contributed by atoms with E-state index in [0.29, 0.717) is 34.3 Å². The number of hydrogen-bond donors (Lipinski definition) is 3. The first-order valence-electron chi connectivity index (χ1n) is 9.67. The van der Waals surface area contributed by atoms with Crippen molar-refractivity contribution in [2.24, 2.45) is 5.41 Å². The molecule has 3 N–H and O–H groups in total. The highest BCUT2D eigenvalue weighted by atomic mass is 16.6. The molecular weight excluding hydrogens is 384 g/mol. The van der Waals surface area contributed by atoms with E-state index in [0.717, 1.165) is 0 Å². The van der Waals surface area contributed by atoms with Crippen molar-refractivity contribution in [1.82, 2.24) is 20.2 Å². The first-order chi connectivity index (χ1) is 14.1. The molecule has 8 heteroatoms. The smallest absolute Gasteiger partial charge is 0.375 e. The van der Waals surface area contributed by atoms with E-state index in [2.05, 4.69) is 15.3 Å². The van der Waals surface area contributed by atoms with E-state index in [-0.39, 0.29) is 17.3 Å². The zero-order valence-corrected chi connectivity index (χ0v) is 17.3. The minimum absolute atomic E-state index is 0.0444. The van der Waals surface area contributed by atoms with Crippen molar-refractivity contribution in [2.45, 2.75) is 26.5 Å². The summed E-state index contributed by atoms with van der Waals surface area (Å²) >= 11 is 0. The highest BCUT2D eigenvalue weighted by molar-refractivity contribution is 6.00. The van der Waals surface area contributed by atoms with Gasteiger partial charge in [-0.15, -0.1) is 0 Å². The minimum atomic E-state index is -1.62. The van der Waals surface area contributed by atoms with Crippen molar-refractivity contribution in [3.63, 3.8) is 0 Å². The Kier molecular flexibility index (Phi) is 4.54. The fourth-order valence-corrected chi connectivity index (χ4v) is 3.77. The fraction of sp³-hybridized carbons (Fsp3) is 0.318. The van der Waals surface area contributed by atoms with Crippen LogP contribution < -0.4 is 10.1 Å². The van der Waals surface area contributed by atoms with E-state index in [1.807, 2.05) is 26.8 Å². The molecular formula is C22H24N4O4. The van der Waals surface area contributed by atoms with Gasteiger partial charge in [-0.25, -0.2) is 4.79 Å². The molecule has 0 saturated heterocycles. The zero-order chi connectivity index (χ0) is 21.7. The Balaban J connectivity index is 1.83. The Bertz CT molecular complexity index is 1150. The lowest BCUT2D eigenvalue weighted by Gasteiger charge is -2.38. The molecule has 2 amide bonds. The van der Waals surface area contributed by atoms with Crippen molar-refractivity contribution in [1.29, 1.82) is 0 Å². The number of carbonyl (C=O) groups excluding carboxylic acids is 2. The molecule has 30 heavy (non-hydrogen) atoms. The summed E-state index contributed by atoms with van der Waals surface area (Å²) in [4.78, 5) is 33.3. The number of ether oxygens (including phenoxy) is 1. The minimum Gasteiger partial charge on any atom is -0.375 e. The fourth-order valence-electron chi connectivity index (χ4n) is 3.77. The Morgan fingerprint density at radius 2 is 2.00 bits per heavy atom. The number of aromatic nitrogens is 2. The van der Waals surface area contributed by atoms with Gasteiger partial charge in [0.15, 0.2) is 5.72 Å². The molecule has 8 nitrogen and oxygen atoms in total. The van der Waals surface area contributed by atoms with Gasteiger partial charge in [0.25, 0.3) is 5.91 Å². The number of hydrogen-bond acceptors (Lipinski definition) is 5. The van der Waals surface area contributed by atoms with Gasteiger partial charge in [0.1, 0.15) is 0 Å². The van der Waals surface area contributed by atoms with E-state index in [4.69, 9.17) is 4.74 Å². The van der Waals surface area contributed by atoms with Crippen LogP contribution in [0.5, 0.6) is 6.01 Å². The Morgan fingerprint density at radius 1 is 1.27 bits per heavy atom. The number of rotatable bonds is 3. The molecule has 0 spiro atoms. The molecule has 0 radical (unpaired) electrons. The van der Waals surface area contributed by atoms with Gasteiger partial charge in [0.05, 0.1) is 11.0 Å². The lowest BCUT2D eigenvalue weighted by atomic mass is 9.91. The second-order valence-corrected chi connectivity index (χ2v) is 8.58. The monoisotopic (exact) mass is 408 g/mol. The summed E-state index contributed by atoms with van der Waals surface area (Å²) in [6.45, 7) is 6.42. The van der Waals surface area contributed by atoms with Crippen molar-refractivity contribution in [3.8, 4) is 6.01 Å². The Labute approximate surface area is 173 Å². The van der Waals surface area contributed by atoms with E-state index in [1.165, 1.54) is 11.9 Å². The summed E-state index contributed by atoms with van der Waals surface area (Å²) in [5.74, 6) is -0.212. The van der Waals surface area contributed by atoms with E-state index in [9.17, 15) is 14.7 Å². The van der Waals surface area contributed by atoms with Crippen molar-refractivity contribution < 1.29 is 19.4 Å². The van der Waals surface area contributed by atoms with E-state index >= 15 is 0 Å². The van der Waals surface area contributed by atoms with Gasteiger partial charge in [-0.05, 0) is 23.6 Å². The summed E-state index contributed by atoms with van der Waals surface area (Å²) in [7, 11) is 1.46. The summed E-state index contributed by atoms with van der Waals surface area (Å²) in [6.07, 6.45) is -0.639. The quantitative estimate of drug-likeness (QED) is 0.618. The van der Waals surface area contributed by atoms with Gasteiger partial charge in [0.2, 0.25) is 0 Å². The largest absolute Gasteiger partial charge is 0.414 e. The third-order valence-electron chi connectivity index (χ3n) is 5.06. The topological polar surface area (TPSA) is 108 Å². The molecule has 1 aromatic heterocycles. The van der Waals surface area contributed by atoms with Crippen LogP contribution in [0.2, 0.25) is 0 Å². The number of benzene rings is 2. The number of H-pyrrole nitrogens is 1. The van der Waals surface area contributed by atoms with Gasteiger partial charge in [-0.3, -0.25) is 4.79 Å². The summed E-state index contributed by atoms with van der Waals surface area (Å²) < 4.78 is 5.06. The normalized spacial score (nSPS) is 18.6. The Hall–Kier alpha value is -3.39. The number of imidazole rings is 1.